The van der Waals surface area contributed by atoms with E-state index in [1.165, 1.54) is 30.2 Å². The highest BCUT2D eigenvalue weighted by Crippen LogP contribution is 2.25. The fourth-order valence-electron chi connectivity index (χ4n) is 1.98. The Morgan fingerprint density at radius 1 is 1.50 bits per heavy atom. The molecule has 0 saturated carbocycles. The first-order valence-corrected chi connectivity index (χ1v) is 6.37. The van der Waals surface area contributed by atoms with Crippen molar-refractivity contribution in [3.8, 4) is 5.75 Å². The third-order valence-electron chi connectivity index (χ3n) is 3.06. The number of ether oxygens (including phenoxy) is 2. The average molecular weight is 300 g/mol. The summed E-state index contributed by atoms with van der Waals surface area (Å²) < 4.78 is 9.87. The van der Waals surface area contributed by atoms with Crippen molar-refractivity contribution in [1.29, 1.82) is 0 Å². The third kappa shape index (κ3) is 2.86. The second-order valence-corrected chi connectivity index (χ2v) is 4.69. The number of morpholine rings is 1. The van der Waals surface area contributed by atoms with Crippen LogP contribution in [0.15, 0.2) is 18.2 Å². The zero-order valence-corrected chi connectivity index (χ0v) is 11.6. The molecular formula is C13H14ClNO5. The number of rotatable bonds is 2. The summed E-state index contributed by atoms with van der Waals surface area (Å²) >= 11 is 5.79. The molecule has 0 aromatic heterocycles. The van der Waals surface area contributed by atoms with Crippen LogP contribution in [0.3, 0.4) is 0 Å². The maximum atomic E-state index is 12.4. The van der Waals surface area contributed by atoms with Crippen LogP contribution in [0.1, 0.15) is 10.4 Å². The smallest absolute Gasteiger partial charge is 0.331 e. The number of phenolic OH excluding ortho intramolecular Hbond substituents is 1. The molecule has 1 aliphatic rings. The summed E-state index contributed by atoms with van der Waals surface area (Å²) in [6.07, 6.45) is 0. The van der Waals surface area contributed by atoms with Crippen LogP contribution in [0.25, 0.3) is 0 Å². The predicted octanol–water partition coefficient (Wildman–Crippen LogP) is 1.06. The van der Waals surface area contributed by atoms with Crippen molar-refractivity contribution in [3.05, 3.63) is 28.8 Å². The summed E-state index contributed by atoms with van der Waals surface area (Å²) in [6, 6.07) is 3.38. The summed E-state index contributed by atoms with van der Waals surface area (Å²) in [5, 5.41) is 9.45. The van der Waals surface area contributed by atoms with E-state index >= 15 is 0 Å². The molecule has 0 spiro atoms. The number of carbonyl (C=O) groups excluding carboxylic acids is 2. The first kappa shape index (κ1) is 14.6. The first-order chi connectivity index (χ1) is 9.54. The Morgan fingerprint density at radius 3 is 2.90 bits per heavy atom. The Hall–Kier alpha value is -1.79. The Balaban J connectivity index is 2.25. The predicted molar refractivity (Wildman–Crippen MR) is 70.8 cm³/mol. The quantitative estimate of drug-likeness (QED) is 0.826. The lowest BCUT2D eigenvalue weighted by Crippen LogP contribution is -2.53. The minimum absolute atomic E-state index is 0.0822. The van der Waals surface area contributed by atoms with Gasteiger partial charge in [0.05, 0.1) is 25.3 Å². The third-order valence-corrected chi connectivity index (χ3v) is 3.36. The van der Waals surface area contributed by atoms with E-state index in [4.69, 9.17) is 16.3 Å². The summed E-state index contributed by atoms with van der Waals surface area (Å²) in [5.74, 6) is -0.983. The Labute approximate surface area is 120 Å². The van der Waals surface area contributed by atoms with E-state index in [-0.39, 0.29) is 29.8 Å². The van der Waals surface area contributed by atoms with Gasteiger partial charge in [0, 0.05) is 12.1 Å². The van der Waals surface area contributed by atoms with Crippen molar-refractivity contribution in [3.63, 3.8) is 0 Å². The highest BCUT2D eigenvalue weighted by atomic mass is 35.5. The van der Waals surface area contributed by atoms with E-state index in [0.29, 0.717) is 12.2 Å². The van der Waals surface area contributed by atoms with Crippen molar-refractivity contribution in [2.45, 2.75) is 6.04 Å². The molecule has 1 aromatic carbocycles. The lowest BCUT2D eigenvalue weighted by atomic mass is 10.1. The van der Waals surface area contributed by atoms with Crippen molar-refractivity contribution < 1.29 is 24.2 Å². The maximum absolute atomic E-state index is 12.4. The van der Waals surface area contributed by atoms with Gasteiger partial charge in [-0.1, -0.05) is 11.6 Å². The van der Waals surface area contributed by atoms with E-state index in [2.05, 4.69) is 4.74 Å². The van der Waals surface area contributed by atoms with E-state index in [9.17, 15) is 14.7 Å². The van der Waals surface area contributed by atoms with Gasteiger partial charge in [-0.3, -0.25) is 4.79 Å². The molecule has 1 fully saturated rings. The molecule has 7 heteroatoms. The highest BCUT2D eigenvalue weighted by Gasteiger charge is 2.34. The highest BCUT2D eigenvalue weighted by molar-refractivity contribution is 6.32. The molecular weight excluding hydrogens is 286 g/mol. The normalized spacial score (nSPS) is 18.7. The second-order valence-electron chi connectivity index (χ2n) is 4.28. The molecule has 0 radical (unpaired) electrons. The number of methoxy groups -OCH3 is 1. The number of carbonyl (C=O) groups is 2. The molecule has 1 N–H and O–H groups in total. The molecule has 1 aromatic rings. The van der Waals surface area contributed by atoms with Gasteiger partial charge in [0.1, 0.15) is 5.75 Å². The van der Waals surface area contributed by atoms with E-state index in [1.807, 2.05) is 0 Å². The Kier molecular flexibility index (Phi) is 4.46. The molecule has 1 atom stereocenters. The number of nitrogens with zero attached hydrogens (tertiary/aromatic N) is 1. The van der Waals surface area contributed by atoms with Crippen molar-refractivity contribution in [2.24, 2.45) is 0 Å². The molecule has 1 saturated heterocycles. The number of aromatic hydroxyl groups is 1. The van der Waals surface area contributed by atoms with Crippen LogP contribution in [0, 0.1) is 0 Å². The van der Waals surface area contributed by atoms with Gasteiger partial charge in [-0.15, -0.1) is 0 Å². The molecule has 0 bridgehead atoms. The zero-order chi connectivity index (χ0) is 14.7. The summed E-state index contributed by atoms with van der Waals surface area (Å²) in [7, 11) is 1.26. The fourth-order valence-corrected chi connectivity index (χ4v) is 2.16. The van der Waals surface area contributed by atoms with Crippen LogP contribution in [0.2, 0.25) is 5.02 Å². The number of hydrogen-bond acceptors (Lipinski definition) is 5. The van der Waals surface area contributed by atoms with Gasteiger partial charge >= 0.3 is 5.97 Å². The molecule has 20 heavy (non-hydrogen) atoms. The van der Waals surface area contributed by atoms with E-state index < -0.39 is 12.0 Å². The lowest BCUT2D eigenvalue weighted by molar-refractivity contribution is -0.151. The van der Waals surface area contributed by atoms with Crippen molar-refractivity contribution in [2.75, 3.05) is 26.9 Å². The van der Waals surface area contributed by atoms with Crippen LogP contribution < -0.4 is 0 Å². The molecule has 108 valence electrons. The number of phenols is 1. The molecule has 6 nitrogen and oxygen atoms in total. The minimum Gasteiger partial charge on any atom is -0.506 e. The summed E-state index contributed by atoms with van der Waals surface area (Å²) in [6.45, 7) is 0.742. The minimum atomic E-state index is -0.770. The average Bonchev–Trinajstić information content (AvgIpc) is 2.48. The van der Waals surface area contributed by atoms with Crippen LogP contribution in [0.4, 0.5) is 0 Å². The zero-order valence-electron chi connectivity index (χ0n) is 10.8. The maximum Gasteiger partial charge on any atom is 0.331 e. The molecule has 1 unspecified atom stereocenters. The molecule has 1 aliphatic heterocycles. The molecule has 2 rings (SSSR count). The van der Waals surface area contributed by atoms with Gasteiger partial charge in [-0.2, -0.15) is 0 Å². The van der Waals surface area contributed by atoms with Crippen LogP contribution in [-0.4, -0.2) is 54.8 Å². The summed E-state index contributed by atoms with van der Waals surface area (Å²) in [4.78, 5) is 25.5. The SMILES string of the molecule is COC(=O)C1COCCN1C(=O)c1ccc(O)c(Cl)c1. The van der Waals surface area contributed by atoms with Crippen LogP contribution >= 0.6 is 11.6 Å². The fraction of sp³-hybridized carbons (Fsp3) is 0.385. The number of hydrogen-bond donors (Lipinski definition) is 1. The van der Waals surface area contributed by atoms with Crippen molar-refractivity contribution in [1.82, 2.24) is 4.90 Å². The lowest BCUT2D eigenvalue weighted by Gasteiger charge is -2.33. The number of benzene rings is 1. The van der Waals surface area contributed by atoms with E-state index in [0.717, 1.165) is 0 Å². The molecule has 1 amide bonds. The van der Waals surface area contributed by atoms with Gasteiger partial charge in [-0.25, -0.2) is 4.79 Å². The summed E-state index contributed by atoms with van der Waals surface area (Å²) in [5.41, 5.74) is 0.295. The second kappa shape index (κ2) is 6.11. The topological polar surface area (TPSA) is 76.1 Å². The first-order valence-electron chi connectivity index (χ1n) is 5.99. The van der Waals surface area contributed by atoms with Crippen LogP contribution in [0.5, 0.6) is 5.75 Å². The number of esters is 1. The Morgan fingerprint density at radius 2 is 2.25 bits per heavy atom. The Bertz CT molecular complexity index is 533. The standard InChI is InChI=1S/C13H14ClNO5/c1-19-13(18)10-7-20-5-4-15(10)12(17)8-2-3-11(16)9(14)6-8/h2-3,6,10,16H,4-5,7H2,1H3. The van der Waals surface area contributed by atoms with Crippen LogP contribution in [-0.2, 0) is 14.3 Å². The number of halogens is 1. The van der Waals surface area contributed by atoms with Crippen molar-refractivity contribution >= 4 is 23.5 Å². The van der Waals surface area contributed by atoms with Gasteiger partial charge in [-0.05, 0) is 18.2 Å². The molecule has 1 heterocycles. The van der Waals surface area contributed by atoms with E-state index in [1.54, 1.807) is 0 Å². The van der Waals surface area contributed by atoms with Gasteiger partial charge < -0.3 is 19.5 Å². The monoisotopic (exact) mass is 299 g/mol. The largest absolute Gasteiger partial charge is 0.506 e. The number of amides is 1. The molecule has 0 aliphatic carbocycles. The van der Waals surface area contributed by atoms with Gasteiger partial charge in [0.25, 0.3) is 5.91 Å². The van der Waals surface area contributed by atoms with Gasteiger partial charge in [0.15, 0.2) is 6.04 Å². The van der Waals surface area contributed by atoms with Gasteiger partial charge in [0.2, 0.25) is 0 Å².